The smallest absolute Gasteiger partial charge is 0.0440 e. The normalized spacial score (nSPS) is 15.6. The van der Waals surface area contributed by atoms with Gasteiger partial charge in [-0.25, -0.2) is 0 Å². The summed E-state index contributed by atoms with van der Waals surface area (Å²) in [5.74, 6) is 0. The Kier molecular flexibility index (Phi) is 2.20. The Bertz CT molecular complexity index is 392. The maximum absolute atomic E-state index is 6.04. The SMILES string of the molecule is Cc1c(N)ccc(C2=CCCC2)c1N. The fraction of sp³-hybridized carbons (Fsp3) is 0.333. The quantitative estimate of drug-likeness (QED) is 0.666. The van der Waals surface area contributed by atoms with Crippen LogP contribution in [0.1, 0.15) is 30.4 Å². The highest BCUT2D eigenvalue weighted by molar-refractivity contribution is 5.80. The van der Waals surface area contributed by atoms with Crippen LogP contribution in [0.4, 0.5) is 11.4 Å². The van der Waals surface area contributed by atoms with E-state index in [4.69, 9.17) is 11.5 Å². The monoisotopic (exact) mass is 188 g/mol. The van der Waals surface area contributed by atoms with Crippen molar-refractivity contribution in [3.63, 3.8) is 0 Å². The predicted molar refractivity (Wildman–Crippen MR) is 61.8 cm³/mol. The van der Waals surface area contributed by atoms with Crippen LogP contribution in [0.3, 0.4) is 0 Å². The van der Waals surface area contributed by atoms with E-state index in [9.17, 15) is 0 Å². The Hall–Kier alpha value is -1.44. The Balaban J connectivity index is 2.49. The molecule has 0 unspecified atom stereocenters. The lowest BCUT2D eigenvalue weighted by Gasteiger charge is -2.11. The van der Waals surface area contributed by atoms with Crippen molar-refractivity contribution in [1.82, 2.24) is 0 Å². The van der Waals surface area contributed by atoms with Crippen LogP contribution in [0, 0.1) is 6.92 Å². The van der Waals surface area contributed by atoms with E-state index in [0.717, 1.165) is 23.4 Å². The number of anilines is 2. The van der Waals surface area contributed by atoms with Gasteiger partial charge in [0.15, 0.2) is 0 Å². The zero-order valence-corrected chi connectivity index (χ0v) is 8.51. The number of nitrogens with two attached hydrogens (primary N) is 2. The topological polar surface area (TPSA) is 52.0 Å². The molecule has 74 valence electrons. The number of nitrogen functional groups attached to an aromatic ring is 2. The van der Waals surface area contributed by atoms with Crippen LogP contribution in [0.15, 0.2) is 18.2 Å². The van der Waals surface area contributed by atoms with Crippen molar-refractivity contribution >= 4 is 16.9 Å². The molecule has 1 aromatic rings. The number of rotatable bonds is 1. The van der Waals surface area contributed by atoms with E-state index in [-0.39, 0.29) is 0 Å². The first kappa shape index (κ1) is 9.13. The summed E-state index contributed by atoms with van der Waals surface area (Å²) < 4.78 is 0. The van der Waals surface area contributed by atoms with Crippen LogP contribution >= 0.6 is 0 Å². The average molecular weight is 188 g/mol. The van der Waals surface area contributed by atoms with Crippen molar-refractivity contribution < 1.29 is 0 Å². The van der Waals surface area contributed by atoms with E-state index in [2.05, 4.69) is 6.08 Å². The van der Waals surface area contributed by atoms with E-state index in [0.29, 0.717) is 0 Å². The minimum Gasteiger partial charge on any atom is -0.398 e. The highest BCUT2D eigenvalue weighted by Gasteiger charge is 2.12. The van der Waals surface area contributed by atoms with Crippen molar-refractivity contribution in [3.8, 4) is 0 Å². The lowest BCUT2D eigenvalue weighted by molar-refractivity contribution is 0.935. The summed E-state index contributed by atoms with van der Waals surface area (Å²) in [6.07, 6.45) is 5.85. The minimum absolute atomic E-state index is 0.782. The largest absolute Gasteiger partial charge is 0.398 e. The first-order valence-electron chi connectivity index (χ1n) is 5.04. The second-order valence-corrected chi connectivity index (χ2v) is 3.86. The van der Waals surface area contributed by atoms with Gasteiger partial charge in [-0.2, -0.15) is 0 Å². The van der Waals surface area contributed by atoms with E-state index in [1.54, 1.807) is 0 Å². The Labute approximate surface area is 84.6 Å². The molecule has 0 aliphatic heterocycles. The third-order valence-electron chi connectivity index (χ3n) is 2.94. The van der Waals surface area contributed by atoms with Crippen LogP contribution in [0.5, 0.6) is 0 Å². The lowest BCUT2D eigenvalue weighted by Crippen LogP contribution is -2.00. The molecule has 1 aromatic carbocycles. The number of allylic oxidation sites excluding steroid dienone is 2. The second kappa shape index (κ2) is 3.37. The Morgan fingerprint density at radius 2 is 2.00 bits per heavy atom. The van der Waals surface area contributed by atoms with Crippen LogP contribution in [0.25, 0.3) is 5.57 Å². The third-order valence-corrected chi connectivity index (χ3v) is 2.94. The molecule has 2 nitrogen and oxygen atoms in total. The van der Waals surface area contributed by atoms with Gasteiger partial charge in [-0.05, 0) is 43.4 Å². The molecule has 2 heteroatoms. The van der Waals surface area contributed by atoms with Crippen molar-refractivity contribution in [2.45, 2.75) is 26.2 Å². The molecule has 0 bridgehead atoms. The van der Waals surface area contributed by atoms with Gasteiger partial charge in [-0.3, -0.25) is 0 Å². The summed E-state index contributed by atoms with van der Waals surface area (Å²) in [5, 5.41) is 0. The van der Waals surface area contributed by atoms with Crippen molar-refractivity contribution in [2.24, 2.45) is 0 Å². The molecule has 0 saturated carbocycles. The van der Waals surface area contributed by atoms with Crippen LogP contribution < -0.4 is 11.5 Å². The summed E-state index contributed by atoms with van der Waals surface area (Å²) >= 11 is 0. The summed E-state index contributed by atoms with van der Waals surface area (Å²) in [7, 11) is 0. The molecule has 0 fully saturated rings. The van der Waals surface area contributed by atoms with Crippen LogP contribution in [-0.2, 0) is 0 Å². The van der Waals surface area contributed by atoms with Gasteiger partial charge in [0.05, 0.1) is 0 Å². The van der Waals surface area contributed by atoms with Gasteiger partial charge < -0.3 is 11.5 Å². The number of hydrogen-bond donors (Lipinski definition) is 2. The first-order valence-corrected chi connectivity index (χ1v) is 5.04. The molecule has 0 saturated heterocycles. The Morgan fingerprint density at radius 3 is 2.64 bits per heavy atom. The van der Waals surface area contributed by atoms with Crippen LogP contribution in [-0.4, -0.2) is 0 Å². The van der Waals surface area contributed by atoms with Gasteiger partial charge in [0.25, 0.3) is 0 Å². The van der Waals surface area contributed by atoms with Crippen LogP contribution in [0.2, 0.25) is 0 Å². The molecule has 0 atom stereocenters. The van der Waals surface area contributed by atoms with Crippen molar-refractivity contribution in [1.29, 1.82) is 0 Å². The first-order chi connectivity index (χ1) is 6.70. The summed E-state index contributed by atoms with van der Waals surface area (Å²) in [6.45, 7) is 1.98. The molecule has 14 heavy (non-hydrogen) atoms. The molecule has 0 heterocycles. The second-order valence-electron chi connectivity index (χ2n) is 3.86. The zero-order valence-electron chi connectivity index (χ0n) is 8.51. The van der Waals surface area contributed by atoms with Crippen molar-refractivity contribution in [3.05, 3.63) is 29.3 Å². The lowest BCUT2D eigenvalue weighted by atomic mass is 9.99. The van der Waals surface area contributed by atoms with E-state index in [1.807, 2.05) is 19.1 Å². The molecule has 0 spiro atoms. The maximum atomic E-state index is 6.04. The fourth-order valence-electron chi connectivity index (χ4n) is 1.94. The van der Waals surface area contributed by atoms with Crippen molar-refractivity contribution in [2.75, 3.05) is 11.5 Å². The van der Waals surface area contributed by atoms with E-state index < -0.39 is 0 Å². The number of benzene rings is 1. The van der Waals surface area contributed by atoms with E-state index in [1.165, 1.54) is 24.0 Å². The van der Waals surface area contributed by atoms with Gasteiger partial charge in [0.1, 0.15) is 0 Å². The fourth-order valence-corrected chi connectivity index (χ4v) is 1.94. The molecule has 0 amide bonds. The van der Waals surface area contributed by atoms with Gasteiger partial charge >= 0.3 is 0 Å². The average Bonchev–Trinajstić information content (AvgIpc) is 2.67. The standard InChI is InChI=1S/C12H16N2/c1-8-11(13)7-6-10(12(8)14)9-4-2-3-5-9/h4,6-7H,2-3,5,13-14H2,1H3. The molecule has 1 aliphatic rings. The summed E-state index contributed by atoms with van der Waals surface area (Å²) in [4.78, 5) is 0. The molecular weight excluding hydrogens is 172 g/mol. The molecule has 2 rings (SSSR count). The number of hydrogen-bond acceptors (Lipinski definition) is 2. The highest BCUT2D eigenvalue weighted by Crippen LogP contribution is 2.34. The summed E-state index contributed by atoms with van der Waals surface area (Å²) in [5.41, 5.74) is 17.0. The highest BCUT2D eigenvalue weighted by atomic mass is 14.6. The Morgan fingerprint density at radius 1 is 1.21 bits per heavy atom. The minimum atomic E-state index is 0.782. The van der Waals surface area contributed by atoms with Gasteiger partial charge in [0, 0.05) is 16.9 Å². The molecule has 1 aliphatic carbocycles. The zero-order chi connectivity index (χ0) is 10.1. The summed E-state index contributed by atoms with van der Waals surface area (Å²) in [6, 6.07) is 3.98. The van der Waals surface area contributed by atoms with E-state index >= 15 is 0 Å². The van der Waals surface area contributed by atoms with Gasteiger partial charge in [0.2, 0.25) is 0 Å². The van der Waals surface area contributed by atoms with Gasteiger partial charge in [-0.1, -0.05) is 12.1 Å². The maximum Gasteiger partial charge on any atom is 0.0440 e. The molecule has 0 aromatic heterocycles. The predicted octanol–water partition coefficient (Wildman–Crippen LogP) is 2.73. The molecule has 4 N–H and O–H groups in total. The third kappa shape index (κ3) is 1.37. The van der Waals surface area contributed by atoms with Gasteiger partial charge in [-0.15, -0.1) is 0 Å². The molecule has 0 radical (unpaired) electrons. The molecular formula is C12H16N2.